The fraction of sp³-hybridized carbons (Fsp3) is 0.176. The van der Waals surface area contributed by atoms with Crippen LogP contribution in [0.4, 0.5) is 5.82 Å². The number of nitrogens with zero attached hydrogens (tertiary/aromatic N) is 2. The summed E-state index contributed by atoms with van der Waals surface area (Å²) in [6.45, 7) is 3.00. The lowest BCUT2D eigenvalue weighted by Gasteiger charge is -2.08. The Morgan fingerprint density at radius 3 is 2.62 bits per heavy atom. The minimum absolute atomic E-state index is 0.597. The van der Waals surface area contributed by atoms with Crippen molar-refractivity contribution in [3.63, 3.8) is 0 Å². The summed E-state index contributed by atoms with van der Waals surface area (Å²) < 4.78 is 5.42. The normalized spacial score (nSPS) is 10.5. The first-order chi connectivity index (χ1) is 10.4. The van der Waals surface area contributed by atoms with E-state index in [1.807, 2.05) is 48.5 Å². The zero-order chi connectivity index (χ0) is 14.5. The first-order valence-corrected chi connectivity index (χ1v) is 7.09. The summed E-state index contributed by atoms with van der Waals surface area (Å²) in [5.74, 6) is 2.09. The first-order valence-electron chi connectivity index (χ1n) is 7.09. The van der Waals surface area contributed by atoms with E-state index < -0.39 is 0 Å². The second-order valence-electron chi connectivity index (χ2n) is 4.73. The van der Waals surface area contributed by atoms with Crippen LogP contribution in [0, 0.1) is 0 Å². The SMILES string of the molecule is CCCNc1cc(-c2ccccc2)nc(-c2ccco2)n1. The minimum atomic E-state index is 0.597. The zero-order valence-corrected chi connectivity index (χ0v) is 11.9. The highest BCUT2D eigenvalue weighted by molar-refractivity contribution is 5.65. The number of hydrogen-bond acceptors (Lipinski definition) is 4. The lowest BCUT2D eigenvalue weighted by Crippen LogP contribution is -2.04. The molecule has 0 bridgehead atoms. The van der Waals surface area contributed by atoms with Gasteiger partial charge >= 0.3 is 0 Å². The molecule has 0 unspecified atom stereocenters. The van der Waals surface area contributed by atoms with Crippen molar-refractivity contribution in [2.24, 2.45) is 0 Å². The van der Waals surface area contributed by atoms with Gasteiger partial charge in [0.1, 0.15) is 5.82 Å². The maximum atomic E-state index is 5.42. The summed E-state index contributed by atoms with van der Waals surface area (Å²) in [5.41, 5.74) is 1.95. The molecule has 106 valence electrons. The molecule has 0 fully saturated rings. The highest BCUT2D eigenvalue weighted by atomic mass is 16.3. The van der Waals surface area contributed by atoms with Crippen molar-refractivity contribution in [2.45, 2.75) is 13.3 Å². The van der Waals surface area contributed by atoms with Gasteiger partial charge in [0.25, 0.3) is 0 Å². The maximum absolute atomic E-state index is 5.42. The van der Waals surface area contributed by atoms with Crippen LogP contribution in [0.5, 0.6) is 0 Å². The van der Waals surface area contributed by atoms with Gasteiger partial charge in [0, 0.05) is 18.2 Å². The Hall–Kier alpha value is -2.62. The van der Waals surface area contributed by atoms with Crippen molar-refractivity contribution < 1.29 is 4.42 Å². The molecule has 0 saturated carbocycles. The summed E-state index contributed by atoms with van der Waals surface area (Å²) in [5, 5.41) is 3.31. The lowest BCUT2D eigenvalue weighted by atomic mass is 10.1. The molecule has 0 aliphatic rings. The second kappa shape index (κ2) is 6.22. The zero-order valence-electron chi connectivity index (χ0n) is 11.9. The Balaban J connectivity index is 2.05. The molecule has 4 nitrogen and oxygen atoms in total. The fourth-order valence-electron chi connectivity index (χ4n) is 2.06. The predicted octanol–water partition coefficient (Wildman–Crippen LogP) is 4.23. The van der Waals surface area contributed by atoms with E-state index in [0.717, 1.165) is 30.0 Å². The summed E-state index contributed by atoms with van der Waals surface area (Å²) in [4.78, 5) is 9.13. The molecule has 2 heterocycles. The first kappa shape index (κ1) is 13.4. The largest absolute Gasteiger partial charge is 0.461 e. The number of furan rings is 1. The number of benzene rings is 1. The summed E-state index contributed by atoms with van der Waals surface area (Å²) >= 11 is 0. The van der Waals surface area contributed by atoms with Crippen LogP contribution >= 0.6 is 0 Å². The highest BCUT2D eigenvalue weighted by Gasteiger charge is 2.10. The molecule has 3 rings (SSSR count). The lowest BCUT2D eigenvalue weighted by molar-refractivity contribution is 0.577. The third-order valence-corrected chi connectivity index (χ3v) is 3.09. The van der Waals surface area contributed by atoms with E-state index in [4.69, 9.17) is 4.42 Å². The molecule has 2 aromatic heterocycles. The number of rotatable bonds is 5. The van der Waals surface area contributed by atoms with Crippen molar-refractivity contribution in [3.05, 3.63) is 54.8 Å². The van der Waals surface area contributed by atoms with Crippen molar-refractivity contribution in [1.29, 1.82) is 0 Å². The van der Waals surface area contributed by atoms with E-state index in [9.17, 15) is 0 Å². The number of nitrogens with one attached hydrogen (secondary N) is 1. The van der Waals surface area contributed by atoms with Gasteiger partial charge in [0.15, 0.2) is 11.6 Å². The van der Waals surface area contributed by atoms with Crippen LogP contribution in [0.1, 0.15) is 13.3 Å². The van der Waals surface area contributed by atoms with Crippen LogP contribution < -0.4 is 5.32 Å². The third-order valence-electron chi connectivity index (χ3n) is 3.09. The van der Waals surface area contributed by atoms with Gasteiger partial charge in [0.05, 0.1) is 12.0 Å². The number of aromatic nitrogens is 2. The second-order valence-corrected chi connectivity index (χ2v) is 4.73. The van der Waals surface area contributed by atoms with Crippen LogP contribution in [-0.4, -0.2) is 16.5 Å². The highest BCUT2D eigenvalue weighted by Crippen LogP contribution is 2.24. The van der Waals surface area contributed by atoms with E-state index >= 15 is 0 Å². The Morgan fingerprint density at radius 2 is 1.90 bits per heavy atom. The van der Waals surface area contributed by atoms with Gasteiger partial charge in [-0.15, -0.1) is 0 Å². The molecule has 1 aromatic carbocycles. The molecule has 21 heavy (non-hydrogen) atoms. The molecule has 0 atom stereocenters. The third kappa shape index (κ3) is 3.11. The molecule has 0 radical (unpaired) electrons. The topological polar surface area (TPSA) is 51.0 Å². The monoisotopic (exact) mass is 279 g/mol. The van der Waals surface area contributed by atoms with Crippen molar-refractivity contribution in [3.8, 4) is 22.8 Å². The standard InChI is InChI=1S/C17H17N3O/c1-2-10-18-16-12-14(13-7-4-3-5-8-13)19-17(20-16)15-9-6-11-21-15/h3-9,11-12H,2,10H2,1H3,(H,18,19,20). The van der Waals surface area contributed by atoms with Gasteiger partial charge in [0.2, 0.25) is 0 Å². The summed E-state index contributed by atoms with van der Waals surface area (Å²) in [6.07, 6.45) is 2.67. The van der Waals surface area contributed by atoms with Crippen molar-refractivity contribution in [2.75, 3.05) is 11.9 Å². The van der Waals surface area contributed by atoms with Crippen molar-refractivity contribution in [1.82, 2.24) is 9.97 Å². The van der Waals surface area contributed by atoms with Crippen LogP contribution in [0.15, 0.2) is 59.2 Å². The Kier molecular flexibility index (Phi) is 3.96. The molecule has 0 amide bonds. The molecule has 0 spiro atoms. The molecule has 0 aliphatic carbocycles. The van der Waals surface area contributed by atoms with Crippen LogP contribution in [0.25, 0.3) is 22.8 Å². The molecule has 3 aromatic rings. The average Bonchev–Trinajstić information content (AvgIpc) is 3.08. The fourth-order valence-corrected chi connectivity index (χ4v) is 2.06. The van der Waals surface area contributed by atoms with E-state index in [-0.39, 0.29) is 0 Å². The van der Waals surface area contributed by atoms with Gasteiger partial charge in [-0.25, -0.2) is 9.97 Å². The van der Waals surface area contributed by atoms with Crippen LogP contribution in [-0.2, 0) is 0 Å². The van der Waals surface area contributed by atoms with Crippen LogP contribution in [0.2, 0.25) is 0 Å². The van der Waals surface area contributed by atoms with Crippen molar-refractivity contribution >= 4 is 5.82 Å². The molecule has 0 aliphatic heterocycles. The minimum Gasteiger partial charge on any atom is -0.461 e. The molecular weight excluding hydrogens is 262 g/mol. The van der Waals surface area contributed by atoms with Gasteiger partial charge in [-0.2, -0.15) is 0 Å². The van der Waals surface area contributed by atoms with E-state index in [0.29, 0.717) is 11.6 Å². The maximum Gasteiger partial charge on any atom is 0.198 e. The van der Waals surface area contributed by atoms with E-state index in [1.54, 1.807) is 6.26 Å². The summed E-state index contributed by atoms with van der Waals surface area (Å²) in [7, 11) is 0. The molecule has 4 heteroatoms. The van der Waals surface area contributed by atoms with E-state index in [1.165, 1.54) is 0 Å². The predicted molar refractivity (Wildman–Crippen MR) is 84.0 cm³/mol. The van der Waals surface area contributed by atoms with Gasteiger partial charge in [-0.05, 0) is 18.6 Å². The Morgan fingerprint density at radius 1 is 1.05 bits per heavy atom. The van der Waals surface area contributed by atoms with Gasteiger partial charge in [-0.1, -0.05) is 37.3 Å². The Bertz CT molecular complexity index is 693. The quantitative estimate of drug-likeness (QED) is 0.759. The van der Waals surface area contributed by atoms with Crippen LogP contribution in [0.3, 0.4) is 0 Å². The smallest absolute Gasteiger partial charge is 0.198 e. The van der Waals surface area contributed by atoms with Gasteiger partial charge in [-0.3, -0.25) is 0 Å². The number of anilines is 1. The van der Waals surface area contributed by atoms with E-state index in [2.05, 4.69) is 22.2 Å². The Labute approximate surface area is 123 Å². The average molecular weight is 279 g/mol. The molecular formula is C17H17N3O. The summed E-state index contributed by atoms with van der Waals surface area (Å²) in [6, 6.07) is 15.8. The van der Waals surface area contributed by atoms with Gasteiger partial charge < -0.3 is 9.73 Å². The molecule has 0 saturated heterocycles. The molecule has 1 N–H and O–H groups in total. The number of hydrogen-bond donors (Lipinski definition) is 1.